The minimum absolute atomic E-state index is 0.250. The van der Waals surface area contributed by atoms with Crippen LogP contribution in [0, 0.1) is 0 Å². The van der Waals surface area contributed by atoms with Gasteiger partial charge in [-0.25, -0.2) is 4.79 Å². The van der Waals surface area contributed by atoms with Crippen LogP contribution in [0.4, 0.5) is 5.69 Å². The lowest BCUT2D eigenvalue weighted by Crippen LogP contribution is -2.00. The molecule has 0 saturated heterocycles. The van der Waals surface area contributed by atoms with Crippen molar-refractivity contribution in [2.45, 2.75) is 6.92 Å². The minimum atomic E-state index is -0.942. The van der Waals surface area contributed by atoms with Crippen LogP contribution in [0.3, 0.4) is 0 Å². The highest BCUT2D eigenvalue weighted by molar-refractivity contribution is 5.98. The van der Waals surface area contributed by atoms with Crippen molar-refractivity contribution >= 4 is 17.4 Å². The largest absolute Gasteiger partial charge is 0.478 e. The van der Waals surface area contributed by atoms with E-state index >= 15 is 0 Å². The van der Waals surface area contributed by atoms with Gasteiger partial charge in [0.15, 0.2) is 0 Å². The summed E-state index contributed by atoms with van der Waals surface area (Å²) in [5.41, 5.74) is 5.67. The fourth-order valence-electron chi connectivity index (χ4n) is 1.49. The standard InChI is InChI=1S/C14H13N3O2/c1-10(11-6-8-15-9-7-11)16-17-13-4-2-12(3-5-13)14(18)19/h2-9,17H,1H3,(H,18,19)/b16-10-. The van der Waals surface area contributed by atoms with E-state index < -0.39 is 5.97 Å². The molecule has 0 spiro atoms. The summed E-state index contributed by atoms with van der Waals surface area (Å²) in [5, 5.41) is 13.0. The number of hydrazone groups is 1. The van der Waals surface area contributed by atoms with Crippen molar-refractivity contribution in [2.24, 2.45) is 5.10 Å². The summed E-state index contributed by atoms with van der Waals surface area (Å²) in [6.45, 7) is 1.88. The van der Waals surface area contributed by atoms with Crippen LogP contribution < -0.4 is 5.43 Å². The molecule has 19 heavy (non-hydrogen) atoms. The van der Waals surface area contributed by atoms with Crippen molar-refractivity contribution < 1.29 is 9.90 Å². The Morgan fingerprint density at radius 2 is 1.74 bits per heavy atom. The third-order valence-corrected chi connectivity index (χ3v) is 2.58. The Hall–Kier alpha value is -2.69. The van der Waals surface area contributed by atoms with E-state index in [1.54, 1.807) is 24.5 Å². The molecule has 5 heteroatoms. The van der Waals surface area contributed by atoms with Crippen LogP contribution in [0.2, 0.25) is 0 Å². The first-order valence-electron chi connectivity index (χ1n) is 5.71. The molecule has 0 aliphatic carbocycles. The van der Waals surface area contributed by atoms with Gasteiger partial charge in [-0.3, -0.25) is 10.4 Å². The van der Waals surface area contributed by atoms with E-state index in [2.05, 4.69) is 15.5 Å². The van der Waals surface area contributed by atoms with Crippen LogP contribution in [-0.4, -0.2) is 21.8 Å². The number of nitrogens with one attached hydrogen (secondary N) is 1. The number of nitrogens with zero attached hydrogens (tertiary/aromatic N) is 2. The first-order valence-corrected chi connectivity index (χ1v) is 5.71. The second kappa shape index (κ2) is 5.77. The molecular weight excluding hydrogens is 242 g/mol. The first kappa shape index (κ1) is 12.8. The molecule has 5 nitrogen and oxygen atoms in total. The predicted octanol–water partition coefficient (Wildman–Crippen LogP) is 2.62. The lowest BCUT2D eigenvalue weighted by atomic mass is 10.2. The summed E-state index contributed by atoms with van der Waals surface area (Å²) in [4.78, 5) is 14.7. The van der Waals surface area contributed by atoms with Crippen LogP contribution in [0.1, 0.15) is 22.8 Å². The number of rotatable bonds is 4. The molecule has 2 aromatic rings. The zero-order chi connectivity index (χ0) is 13.7. The second-order valence-electron chi connectivity index (χ2n) is 3.93. The quantitative estimate of drug-likeness (QED) is 0.650. The number of aromatic carboxylic acids is 1. The van der Waals surface area contributed by atoms with Crippen molar-refractivity contribution in [3.63, 3.8) is 0 Å². The van der Waals surface area contributed by atoms with Crippen molar-refractivity contribution in [3.8, 4) is 0 Å². The SMILES string of the molecule is C/C(=N/Nc1ccc(C(=O)O)cc1)c1ccncc1. The Kier molecular flexibility index (Phi) is 3.87. The van der Waals surface area contributed by atoms with Gasteiger partial charge < -0.3 is 5.11 Å². The molecule has 96 valence electrons. The number of benzene rings is 1. The van der Waals surface area contributed by atoms with Gasteiger partial charge in [0.25, 0.3) is 0 Å². The third-order valence-electron chi connectivity index (χ3n) is 2.58. The number of hydrogen-bond donors (Lipinski definition) is 2. The Morgan fingerprint density at radius 1 is 1.11 bits per heavy atom. The van der Waals surface area contributed by atoms with Gasteiger partial charge >= 0.3 is 5.97 Å². The number of carboxylic acids is 1. The van der Waals surface area contributed by atoms with Crippen molar-refractivity contribution in [1.29, 1.82) is 0 Å². The van der Waals surface area contributed by atoms with E-state index in [1.807, 2.05) is 19.1 Å². The fourth-order valence-corrected chi connectivity index (χ4v) is 1.49. The van der Waals surface area contributed by atoms with Gasteiger partial charge in [0.1, 0.15) is 0 Å². The fraction of sp³-hybridized carbons (Fsp3) is 0.0714. The Balaban J connectivity index is 2.08. The van der Waals surface area contributed by atoms with Gasteiger partial charge in [-0.1, -0.05) is 0 Å². The van der Waals surface area contributed by atoms with E-state index in [0.29, 0.717) is 0 Å². The average molecular weight is 255 g/mol. The molecule has 2 N–H and O–H groups in total. The van der Waals surface area contributed by atoms with Crippen molar-refractivity contribution in [2.75, 3.05) is 5.43 Å². The Bertz CT molecular complexity index is 592. The molecule has 0 aliphatic heterocycles. The van der Waals surface area contributed by atoms with Crippen molar-refractivity contribution in [3.05, 3.63) is 59.9 Å². The topological polar surface area (TPSA) is 74.6 Å². The summed E-state index contributed by atoms with van der Waals surface area (Å²) >= 11 is 0. The van der Waals surface area contributed by atoms with Gasteiger partial charge in [0.2, 0.25) is 0 Å². The number of hydrogen-bond acceptors (Lipinski definition) is 4. The molecule has 2 rings (SSSR count). The molecule has 0 unspecified atom stereocenters. The van der Waals surface area contributed by atoms with Crippen molar-refractivity contribution in [1.82, 2.24) is 4.98 Å². The second-order valence-corrected chi connectivity index (χ2v) is 3.93. The van der Waals surface area contributed by atoms with Gasteiger partial charge in [0, 0.05) is 18.0 Å². The van der Waals surface area contributed by atoms with E-state index in [9.17, 15) is 4.79 Å². The number of pyridine rings is 1. The highest BCUT2D eigenvalue weighted by Crippen LogP contribution is 2.10. The lowest BCUT2D eigenvalue weighted by Gasteiger charge is -2.03. The summed E-state index contributed by atoms with van der Waals surface area (Å²) in [7, 11) is 0. The highest BCUT2D eigenvalue weighted by Gasteiger charge is 2.01. The maximum Gasteiger partial charge on any atom is 0.335 e. The number of carbonyl (C=O) groups is 1. The van der Waals surface area contributed by atoms with E-state index in [-0.39, 0.29) is 5.56 Å². The van der Waals surface area contributed by atoms with Crippen LogP contribution >= 0.6 is 0 Å². The van der Waals surface area contributed by atoms with Gasteiger partial charge in [-0.05, 0) is 43.3 Å². The van der Waals surface area contributed by atoms with Gasteiger partial charge in [0.05, 0.1) is 17.0 Å². The number of aromatic nitrogens is 1. The molecule has 0 amide bonds. The normalized spacial score (nSPS) is 11.1. The molecule has 0 saturated carbocycles. The smallest absolute Gasteiger partial charge is 0.335 e. The highest BCUT2D eigenvalue weighted by atomic mass is 16.4. The molecule has 1 aromatic heterocycles. The molecule has 0 atom stereocenters. The predicted molar refractivity (Wildman–Crippen MR) is 73.5 cm³/mol. The van der Waals surface area contributed by atoms with Gasteiger partial charge in [-0.15, -0.1) is 0 Å². The first-order chi connectivity index (χ1) is 9.16. The van der Waals surface area contributed by atoms with Gasteiger partial charge in [-0.2, -0.15) is 5.10 Å². The maximum absolute atomic E-state index is 10.7. The molecule has 0 radical (unpaired) electrons. The monoisotopic (exact) mass is 255 g/mol. The minimum Gasteiger partial charge on any atom is -0.478 e. The number of anilines is 1. The van der Waals surface area contributed by atoms with Crippen LogP contribution in [0.5, 0.6) is 0 Å². The molecule has 1 heterocycles. The zero-order valence-corrected chi connectivity index (χ0v) is 10.4. The average Bonchev–Trinajstić information content (AvgIpc) is 2.46. The Labute approximate surface area is 110 Å². The number of carboxylic acid groups (broad SMARTS) is 1. The summed E-state index contributed by atoms with van der Waals surface area (Å²) in [6, 6.07) is 10.1. The van der Waals surface area contributed by atoms with Crippen LogP contribution in [0.25, 0.3) is 0 Å². The molecule has 0 bridgehead atoms. The third kappa shape index (κ3) is 3.38. The summed E-state index contributed by atoms with van der Waals surface area (Å²) in [5.74, 6) is -0.942. The molecular formula is C14H13N3O2. The van der Waals surface area contributed by atoms with Crippen LogP contribution in [0.15, 0.2) is 53.9 Å². The zero-order valence-electron chi connectivity index (χ0n) is 10.4. The maximum atomic E-state index is 10.7. The molecule has 0 aliphatic rings. The Morgan fingerprint density at radius 3 is 2.32 bits per heavy atom. The summed E-state index contributed by atoms with van der Waals surface area (Å²) in [6.07, 6.45) is 3.41. The molecule has 0 fully saturated rings. The van der Waals surface area contributed by atoms with E-state index in [4.69, 9.17) is 5.11 Å². The van der Waals surface area contributed by atoms with E-state index in [0.717, 1.165) is 17.0 Å². The van der Waals surface area contributed by atoms with E-state index in [1.165, 1.54) is 12.1 Å². The van der Waals surface area contributed by atoms with Crippen LogP contribution in [-0.2, 0) is 0 Å². The summed E-state index contributed by atoms with van der Waals surface area (Å²) < 4.78 is 0. The molecule has 1 aromatic carbocycles. The lowest BCUT2D eigenvalue weighted by molar-refractivity contribution is 0.0697.